The van der Waals surface area contributed by atoms with E-state index in [1.54, 1.807) is 0 Å². The first-order valence-corrected chi connectivity index (χ1v) is 7.22. The Morgan fingerprint density at radius 3 is 2.53 bits per heavy atom. The number of hydrogen-bond acceptors (Lipinski definition) is 2. The van der Waals surface area contributed by atoms with Gasteiger partial charge in [0.25, 0.3) is 0 Å². The van der Waals surface area contributed by atoms with Crippen LogP contribution in [0.2, 0.25) is 0 Å². The molecule has 0 aliphatic carbocycles. The number of benzene rings is 1. The molecule has 0 spiro atoms. The lowest BCUT2D eigenvalue weighted by atomic mass is 9.90. The molecular formula is C15H20ClNO2. The topological polar surface area (TPSA) is 40.5 Å². The second-order valence-corrected chi connectivity index (χ2v) is 5.77. The Balaban J connectivity index is 1.75. The molecule has 1 aromatic carbocycles. The lowest BCUT2D eigenvalue weighted by molar-refractivity contribution is -0.137. The molecule has 1 aliphatic rings. The Kier molecular flexibility index (Phi) is 5.23. The molecule has 0 saturated carbocycles. The molecule has 1 aromatic rings. The summed E-state index contributed by atoms with van der Waals surface area (Å²) in [4.78, 5) is 12.9. The third-order valence-electron chi connectivity index (χ3n) is 3.76. The number of carboxylic acids is 1. The van der Waals surface area contributed by atoms with Gasteiger partial charge in [-0.2, -0.15) is 0 Å². The van der Waals surface area contributed by atoms with E-state index in [0.29, 0.717) is 12.5 Å². The quantitative estimate of drug-likeness (QED) is 0.844. The van der Waals surface area contributed by atoms with Crippen molar-refractivity contribution in [2.75, 3.05) is 19.6 Å². The molecule has 19 heavy (non-hydrogen) atoms. The number of nitrogens with zero attached hydrogens (tertiary/aromatic N) is 1. The molecule has 1 saturated heterocycles. The van der Waals surface area contributed by atoms with Crippen LogP contribution >= 0.6 is 11.6 Å². The molecule has 3 nitrogen and oxygen atoms in total. The summed E-state index contributed by atoms with van der Waals surface area (Å²) in [5.41, 5.74) is 1.39. The molecule has 1 aliphatic heterocycles. The average Bonchev–Trinajstić information content (AvgIpc) is 2.42. The fraction of sp³-hybridized carbons (Fsp3) is 0.533. The van der Waals surface area contributed by atoms with E-state index in [1.807, 2.05) is 6.07 Å². The second kappa shape index (κ2) is 6.92. The van der Waals surface area contributed by atoms with Gasteiger partial charge in [0.2, 0.25) is 0 Å². The lowest BCUT2D eigenvalue weighted by Gasteiger charge is -2.32. The predicted octanol–water partition coefficient (Wildman–Crippen LogP) is 2.63. The zero-order valence-corrected chi connectivity index (χ0v) is 11.7. The molecule has 104 valence electrons. The number of piperidine rings is 1. The van der Waals surface area contributed by atoms with Crippen molar-refractivity contribution in [1.29, 1.82) is 0 Å². The van der Waals surface area contributed by atoms with Crippen molar-refractivity contribution in [1.82, 2.24) is 4.90 Å². The van der Waals surface area contributed by atoms with E-state index in [9.17, 15) is 4.79 Å². The van der Waals surface area contributed by atoms with Crippen molar-refractivity contribution in [3.8, 4) is 0 Å². The van der Waals surface area contributed by atoms with E-state index in [1.165, 1.54) is 5.56 Å². The fourth-order valence-corrected chi connectivity index (χ4v) is 2.82. The highest BCUT2D eigenvalue weighted by atomic mass is 35.5. The smallest absolute Gasteiger partial charge is 0.322 e. The monoisotopic (exact) mass is 281 g/mol. The zero-order chi connectivity index (χ0) is 13.7. The van der Waals surface area contributed by atoms with Gasteiger partial charge in [0, 0.05) is 6.54 Å². The van der Waals surface area contributed by atoms with Gasteiger partial charge in [-0.3, -0.25) is 4.79 Å². The van der Waals surface area contributed by atoms with E-state index < -0.39 is 11.3 Å². The number of aliphatic carboxylic acids is 1. The number of halogens is 1. The average molecular weight is 282 g/mol. The van der Waals surface area contributed by atoms with Crippen molar-refractivity contribution in [3.63, 3.8) is 0 Å². The summed E-state index contributed by atoms with van der Waals surface area (Å²) in [6, 6.07) is 10.5. The van der Waals surface area contributed by atoms with Crippen LogP contribution in [0, 0.1) is 5.92 Å². The number of carbonyl (C=O) groups is 1. The van der Waals surface area contributed by atoms with Gasteiger partial charge >= 0.3 is 5.97 Å². The van der Waals surface area contributed by atoms with Crippen LogP contribution in [0.15, 0.2) is 30.3 Å². The first-order chi connectivity index (χ1) is 9.15. The Bertz CT molecular complexity index is 402. The van der Waals surface area contributed by atoms with Crippen molar-refractivity contribution in [2.45, 2.75) is 24.6 Å². The predicted molar refractivity (Wildman–Crippen MR) is 76.6 cm³/mol. The van der Waals surface area contributed by atoms with Gasteiger partial charge in [-0.15, -0.1) is 11.6 Å². The molecule has 2 rings (SSSR count). The third-order valence-corrected chi connectivity index (χ3v) is 4.09. The minimum atomic E-state index is -0.923. The van der Waals surface area contributed by atoms with Gasteiger partial charge in [0.05, 0.1) is 0 Å². The minimum absolute atomic E-state index is 0.453. The Morgan fingerprint density at radius 2 is 1.95 bits per heavy atom. The van der Waals surface area contributed by atoms with Crippen LogP contribution in [0.3, 0.4) is 0 Å². The van der Waals surface area contributed by atoms with Crippen LogP contribution < -0.4 is 0 Å². The van der Waals surface area contributed by atoms with Gasteiger partial charge in [-0.05, 0) is 43.8 Å². The molecule has 0 bridgehead atoms. The maximum atomic E-state index is 10.7. The summed E-state index contributed by atoms with van der Waals surface area (Å²) in [6.07, 6.45) is 3.37. The maximum absolute atomic E-state index is 10.7. The normalized spacial score (nSPS) is 19.2. The molecule has 0 aromatic heterocycles. The molecule has 1 unspecified atom stereocenters. The number of likely N-dealkylation sites (tertiary alicyclic amines) is 1. The molecule has 1 fully saturated rings. The van der Waals surface area contributed by atoms with Crippen molar-refractivity contribution >= 4 is 17.6 Å². The molecule has 4 heteroatoms. The summed E-state index contributed by atoms with van der Waals surface area (Å²) in [6.45, 7) is 2.36. The van der Waals surface area contributed by atoms with E-state index in [4.69, 9.17) is 16.7 Å². The van der Waals surface area contributed by atoms with Gasteiger partial charge in [0.1, 0.15) is 5.38 Å². The Labute approximate surface area is 119 Å². The van der Waals surface area contributed by atoms with E-state index in [2.05, 4.69) is 29.2 Å². The number of carboxylic acid groups (broad SMARTS) is 1. The number of hydrogen-bond donors (Lipinski definition) is 1. The van der Waals surface area contributed by atoms with Crippen LogP contribution in [0.25, 0.3) is 0 Å². The standard InChI is InChI=1S/C15H20ClNO2/c16-14(15(18)19)11-17-8-6-13(7-9-17)10-12-4-2-1-3-5-12/h1-5,13-14H,6-11H2,(H,18,19). The van der Waals surface area contributed by atoms with Crippen LogP contribution in [0.1, 0.15) is 18.4 Å². The fourth-order valence-electron chi connectivity index (χ4n) is 2.63. The molecule has 1 N–H and O–H groups in total. The van der Waals surface area contributed by atoms with E-state index in [0.717, 1.165) is 32.4 Å². The van der Waals surface area contributed by atoms with Crippen LogP contribution in [0.5, 0.6) is 0 Å². The molecule has 0 radical (unpaired) electrons. The van der Waals surface area contributed by atoms with Crippen molar-refractivity contribution in [3.05, 3.63) is 35.9 Å². The highest BCUT2D eigenvalue weighted by Crippen LogP contribution is 2.22. The van der Waals surface area contributed by atoms with Crippen molar-refractivity contribution in [2.24, 2.45) is 5.92 Å². The molecule has 1 heterocycles. The Morgan fingerprint density at radius 1 is 1.32 bits per heavy atom. The SMILES string of the molecule is O=C(O)C(Cl)CN1CCC(Cc2ccccc2)CC1. The highest BCUT2D eigenvalue weighted by molar-refractivity contribution is 6.29. The molecule has 1 atom stereocenters. The molecular weight excluding hydrogens is 262 g/mol. The van der Waals surface area contributed by atoms with Gasteiger partial charge in [0.15, 0.2) is 0 Å². The zero-order valence-electron chi connectivity index (χ0n) is 11.0. The van der Waals surface area contributed by atoms with Gasteiger partial charge in [-0.1, -0.05) is 30.3 Å². The first kappa shape index (κ1) is 14.4. The third kappa shape index (κ3) is 4.51. The van der Waals surface area contributed by atoms with Crippen LogP contribution in [-0.4, -0.2) is 41.0 Å². The summed E-state index contributed by atoms with van der Waals surface area (Å²) < 4.78 is 0. The van der Waals surface area contributed by atoms with Crippen LogP contribution in [0.4, 0.5) is 0 Å². The van der Waals surface area contributed by atoms with Gasteiger partial charge < -0.3 is 10.0 Å². The first-order valence-electron chi connectivity index (χ1n) is 6.78. The highest BCUT2D eigenvalue weighted by Gasteiger charge is 2.23. The number of alkyl halides is 1. The van der Waals surface area contributed by atoms with Crippen LogP contribution in [-0.2, 0) is 11.2 Å². The maximum Gasteiger partial charge on any atom is 0.322 e. The summed E-state index contributed by atoms with van der Waals surface area (Å²) in [5.74, 6) is -0.217. The van der Waals surface area contributed by atoms with Crippen molar-refractivity contribution < 1.29 is 9.90 Å². The van der Waals surface area contributed by atoms with Gasteiger partial charge in [-0.25, -0.2) is 0 Å². The summed E-state index contributed by atoms with van der Waals surface area (Å²) in [5, 5.41) is 8.01. The van der Waals surface area contributed by atoms with E-state index >= 15 is 0 Å². The number of rotatable bonds is 5. The van der Waals surface area contributed by atoms with E-state index in [-0.39, 0.29) is 0 Å². The summed E-state index contributed by atoms with van der Waals surface area (Å²) >= 11 is 5.77. The largest absolute Gasteiger partial charge is 0.480 e. The minimum Gasteiger partial charge on any atom is -0.480 e. The Hall–Kier alpha value is -1.06. The lowest BCUT2D eigenvalue weighted by Crippen LogP contribution is -2.39. The molecule has 0 amide bonds. The second-order valence-electron chi connectivity index (χ2n) is 5.24. The summed E-state index contributed by atoms with van der Waals surface area (Å²) in [7, 11) is 0.